The zero-order chi connectivity index (χ0) is 11.8. The van der Waals surface area contributed by atoms with E-state index in [0.29, 0.717) is 12.8 Å². The lowest BCUT2D eigenvalue weighted by molar-refractivity contribution is 0.172. The van der Waals surface area contributed by atoms with Crippen LogP contribution in [0.15, 0.2) is 6.07 Å². The van der Waals surface area contributed by atoms with Gasteiger partial charge in [0, 0.05) is 6.04 Å². The molecular weight excluding hydrogens is 214 g/mol. The third kappa shape index (κ3) is 1.89. The summed E-state index contributed by atoms with van der Waals surface area (Å²) in [5, 5.41) is 3.53. The Morgan fingerprint density at radius 1 is 1.29 bits per heavy atom. The van der Waals surface area contributed by atoms with E-state index in [-0.39, 0.29) is 0 Å². The Bertz CT molecular complexity index is 436. The summed E-state index contributed by atoms with van der Waals surface area (Å²) in [5.41, 5.74) is 3.79. The Labute approximate surface area is 102 Å². The zero-order valence-corrected chi connectivity index (χ0v) is 10.5. The van der Waals surface area contributed by atoms with E-state index in [1.807, 2.05) is 0 Å². The summed E-state index contributed by atoms with van der Waals surface area (Å²) in [6.45, 7) is 5.75. The van der Waals surface area contributed by atoms with Crippen LogP contribution in [0.5, 0.6) is 11.5 Å². The highest BCUT2D eigenvalue weighted by Crippen LogP contribution is 2.41. The molecule has 0 radical (unpaired) electrons. The molecule has 0 bridgehead atoms. The molecule has 17 heavy (non-hydrogen) atoms. The largest absolute Gasteiger partial charge is 0.453 e. The SMILES string of the molecule is Cc1cc(CC2CCCN2)c2c(c1C)OCO2. The molecule has 1 aromatic rings. The van der Waals surface area contributed by atoms with Gasteiger partial charge in [0.25, 0.3) is 0 Å². The van der Waals surface area contributed by atoms with Crippen LogP contribution in [-0.2, 0) is 6.42 Å². The van der Waals surface area contributed by atoms with Gasteiger partial charge in [0.15, 0.2) is 11.5 Å². The van der Waals surface area contributed by atoms with Gasteiger partial charge in [-0.05, 0) is 56.3 Å². The lowest BCUT2D eigenvalue weighted by atomic mass is 9.98. The van der Waals surface area contributed by atoms with Crippen LogP contribution in [0.1, 0.15) is 29.5 Å². The minimum Gasteiger partial charge on any atom is -0.453 e. The van der Waals surface area contributed by atoms with Gasteiger partial charge in [-0.15, -0.1) is 0 Å². The van der Waals surface area contributed by atoms with Gasteiger partial charge in [0.2, 0.25) is 6.79 Å². The predicted molar refractivity (Wildman–Crippen MR) is 66.8 cm³/mol. The fourth-order valence-corrected chi connectivity index (χ4v) is 2.76. The molecule has 3 nitrogen and oxygen atoms in total. The van der Waals surface area contributed by atoms with Gasteiger partial charge in [-0.1, -0.05) is 6.07 Å². The maximum atomic E-state index is 5.63. The highest BCUT2D eigenvalue weighted by Gasteiger charge is 2.24. The number of benzene rings is 1. The van der Waals surface area contributed by atoms with Crippen molar-refractivity contribution in [1.82, 2.24) is 5.32 Å². The van der Waals surface area contributed by atoms with Crippen LogP contribution in [0.3, 0.4) is 0 Å². The summed E-state index contributed by atoms with van der Waals surface area (Å²) >= 11 is 0. The van der Waals surface area contributed by atoms with Crippen molar-refractivity contribution in [3.05, 3.63) is 22.8 Å². The van der Waals surface area contributed by atoms with Crippen LogP contribution < -0.4 is 14.8 Å². The minimum atomic E-state index is 0.366. The fourth-order valence-electron chi connectivity index (χ4n) is 2.76. The van der Waals surface area contributed by atoms with Crippen LogP contribution in [0.2, 0.25) is 0 Å². The van der Waals surface area contributed by atoms with Gasteiger partial charge < -0.3 is 14.8 Å². The smallest absolute Gasteiger partial charge is 0.231 e. The molecule has 0 saturated carbocycles. The number of fused-ring (bicyclic) bond motifs is 1. The maximum Gasteiger partial charge on any atom is 0.231 e. The Kier molecular flexibility index (Phi) is 2.71. The van der Waals surface area contributed by atoms with Crippen LogP contribution in [-0.4, -0.2) is 19.4 Å². The van der Waals surface area contributed by atoms with Crippen molar-refractivity contribution in [3.8, 4) is 11.5 Å². The van der Waals surface area contributed by atoms with Gasteiger partial charge in [0.1, 0.15) is 0 Å². The molecule has 1 fully saturated rings. The summed E-state index contributed by atoms with van der Waals surface area (Å²) in [6.07, 6.45) is 3.60. The van der Waals surface area contributed by atoms with Crippen molar-refractivity contribution >= 4 is 0 Å². The number of hydrogen-bond donors (Lipinski definition) is 1. The normalized spacial score (nSPS) is 22.1. The Morgan fingerprint density at radius 2 is 2.12 bits per heavy atom. The van der Waals surface area contributed by atoms with Crippen molar-refractivity contribution in [3.63, 3.8) is 0 Å². The fraction of sp³-hybridized carbons (Fsp3) is 0.571. The van der Waals surface area contributed by atoms with Crippen LogP contribution in [0.4, 0.5) is 0 Å². The average Bonchev–Trinajstić information content (AvgIpc) is 2.96. The zero-order valence-electron chi connectivity index (χ0n) is 10.5. The summed E-state index contributed by atoms with van der Waals surface area (Å²) in [4.78, 5) is 0. The number of aryl methyl sites for hydroxylation is 1. The molecule has 92 valence electrons. The van der Waals surface area contributed by atoms with Crippen LogP contribution in [0, 0.1) is 13.8 Å². The number of hydrogen-bond acceptors (Lipinski definition) is 3. The summed E-state index contributed by atoms with van der Waals surface area (Å²) in [6, 6.07) is 2.86. The van der Waals surface area contributed by atoms with E-state index in [4.69, 9.17) is 9.47 Å². The Hall–Kier alpha value is -1.22. The maximum absolute atomic E-state index is 5.63. The van der Waals surface area contributed by atoms with E-state index < -0.39 is 0 Å². The van der Waals surface area contributed by atoms with Crippen LogP contribution >= 0.6 is 0 Å². The lowest BCUT2D eigenvalue weighted by Crippen LogP contribution is -2.23. The lowest BCUT2D eigenvalue weighted by Gasteiger charge is -2.14. The highest BCUT2D eigenvalue weighted by atomic mass is 16.7. The van der Waals surface area contributed by atoms with Gasteiger partial charge in [0.05, 0.1) is 0 Å². The molecular formula is C14H19NO2. The van der Waals surface area contributed by atoms with Crippen molar-refractivity contribution in [1.29, 1.82) is 0 Å². The summed E-state index contributed by atoms with van der Waals surface area (Å²) < 4.78 is 11.2. The van der Waals surface area contributed by atoms with Gasteiger partial charge in [-0.25, -0.2) is 0 Å². The molecule has 1 saturated heterocycles. The minimum absolute atomic E-state index is 0.366. The van der Waals surface area contributed by atoms with E-state index in [9.17, 15) is 0 Å². The van der Waals surface area contributed by atoms with Crippen molar-refractivity contribution in [2.24, 2.45) is 0 Å². The number of rotatable bonds is 2. The highest BCUT2D eigenvalue weighted by molar-refractivity contribution is 5.56. The average molecular weight is 233 g/mol. The molecule has 3 rings (SSSR count). The van der Waals surface area contributed by atoms with E-state index in [2.05, 4.69) is 25.2 Å². The van der Waals surface area contributed by atoms with Crippen molar-refractivity contribution < 1.29 is 9.47 Å². The topological polar surface area (TPSA) is 30.5 Å². The molecule has 2 aliphatic heterocycles. The standard InChI is InChI=1S/C14H19NO2/c1-9-6-11(7-12-4-3-5-15-12)14-13(10(9)2)16-8-17-14/h6,12,15H,3-5,7-8H2,1-2H3. The molecule has 0 aliphatic carbocycles. The first-order chi connectivity index (χ1) is 8.25. The number of nitrogens with one attached hydrogen (secondary N) is 1. The monoisotopic (exact) mass is 233 g/mol. The second-order valence-corrected chi connectivity index (χ2v) is 5.04. The second-order valence-electron chi connectivity index (χ2n) is 5.04. The summed E-state index contributed by atoms with van der Waals surface area (Å²) in [5.74, 6) is 1.93. The molecule has 1 aromatic carbocycles. The summed E-state index contributed by atoms with van der Waals surface area (Å²) in [7, 11) is 0. The molecule has 0 amide bonds. The van der Waals surface area contributed by atoms with E-state index in [1.54, 1.807) is 0 Å². The molecule has 2 aliphatic rings. The molecule has 0 aromatic heterocycles. The van der Waals surface area contributed by atoms with Gasteiger partial charge >= 0.3 is 0 Å². The van der Waals surface area contributed by atoms with Gasteiger partial charge in [-0.3, -0.25) is 0 Å². The van der Waals surface area contributed by atoms with E-state index >= 15 is 0 Å². The second kappa shape index (κ2) is 4.22. The molecule has 1 N–H and O–H groups in total. The molecule has 1 unspecified atom stereocenters. The van der Waals surface area contributed by atoms with Gasteiger partial charge in [-0.2, -0.15) is 0 Å². The molecule has 3 heteroatoms. The van der Waals surface area contributed by atoms with Crippen molar-refractivity contribution in [2.45, 2.75) is 39.2 Å². The third-order valence-electron chi connectivity index (χ3n) is 3.86. The van der Waals surface area contributed by atoms with Crippen molar-refractivity contribution in [2.75, 3.05) is 13.3 Å². The van der Waals surface area contributed by atoms with E-state index in [1.165, 1.54) is 29.5 Å². The number of ether oxygens (including phenoxy) is 2. The Balaban J connectivity index is 1.93. The first-order valence-electron chi connectivity index (χ1n) is 6.38. The molecule has 2 heterocycles. The first-order valence-corrected chi connectivity index (χ1v) is 6.38. The molecule has 0 spiro atoms. The Morgan fingerprint density at radius 3 is 2.88 bits per heavy atom. The first kappa shape index (κ1) is 10.9. The van der Waals surface area contributed by atoms with Crippen LogP contribution in [0.25, 0.3) is 0 Å². The quantitative estimate of drug-likeness (QED) is 0.850. The molecule has 1 atom stereocenters. The third-order valence-corrected chi connectivity index (χ3v) is 3.86. The predicted octanol–water partition coefficient (Wildman–Crippen LogP) is 2.33. The van der Waals surface area contributed by atoms with E-state index in [0.717, 1.165) is 24.5 Å².